The zero-order chi connectivity index (χ0) is 8.81. The molecule has 3 N–H and O–H groups in total. The Labute approximate surface area is 75.7 Å². The highest BCUT2D eigenvalue weighted by molar-refractivity contribution is 7.09. The van der Waals surface area contributed by atoms with Gasteiger partial charge in [0.2, 0.25) is 0 Å². The van der Waals surface area contributed by atoms with Gasteiger partial charge >= 0.3 is 0 Å². The van der Waals surface area contributed by atoms with E-state index in [1.807, 2.05) is 11.4 Å². The van der Waals surface area contributed by atoms with Crippen molar-refractivity contribution in [2.45, 2.75) is 6.42 Å². The van der Waals surface area contributed by atoms with Crippen molar-refractivity contribution in [3.8, 4) is 0 Å². The molecule has 0 aliphatic carbocycles. The molecule has 1 aromatic heterocycles. The van der Waals surface area contributed by atoms with Crippen molar-refractivity contribution >= 4 is 17.2 Å². The highest BCUT2D eigenvalue weighted by atomic mass is 32.1. The van der Waals surface area contributed by atoms with E-state index in [9.17, 15) is 0 Å². The molecule has 0 radical (unpaired) electrons. The Morgan fingerprint density at radius 3 is 3.08 bits per heavy atom. The molecule has 3 nitrogen and oxygen atoms in total. The van der Waals surface area contributed by atoms with Crippen LogP contribution in [0.25, 0.3) is 0 Å². The van der Waals surface area contributed by atoms with Crippen LogP contribution in [-0.4, -0.2) is 19.0 Å². The van der Waals surface area contributed by atoms with Gasteiger partial charge in [-0.25, -0.2) is 0 Å². The third kappa shape index (κ3) is 3.50. The van der Waals surface area contributed by atoms with Gasteiger partial charge in [0.15, 0.2) is 0 Å². The van der Waals surface area contributed by atoms with Crippen LogP contribution in [0.4, 0.5) is 0 Å². The van der Waals surface area contributed by atoms with Gasteiger partial charge in [0.25, 0.3) is 0 Å². The molecular weight excluding hydrogens is 172 g/mol. The fourth-order valence-electron chi connectivity index (χ4n) is 0.810. The van der Waals surface area contributed by atoms with Gasteiger partial charge in [0.1, 0.15) is 12.4 Å². The minimum absolute atomic E-state index is 0.0844. The number of rotatable bonds is 5. The predicted molar refractivity (Wildman–Crippen MR) is 50.8 cm³/mol. The lowest BCUT2D eigenvalue weighted by atomic mass is 10.4. The first-order chi connectivity index (χ1) is 5.79. The molecule has 0 bridgehead atoms. The number of thiophene rings is 1. The summed E-state index contributed by atoms with van der Waals surface area (Å²) in [6.07, 6.45) is 0.908. The fraction of sp³-hybridized carbons (Fsp3) is 0.375. The Balaban J connectivity index is 2.07. The fourth-order valence-corrected chi connectivity index (χ4v) is 1.50. The molecule has 4 heteroatoms. The van der Waals surface area contributed by atoms with Crippen molar-refractivity contribution in [3.63, 3.8) is 0 Å². The van der Waals surface area contributed by atoms with Crippen LogP contribution < -0.4 is 5.73 Å². The second-order valence-corrected chi connectivity index (χ2v) is 3.44. The predicted octanol–water partition coefficient (Wildman–Crippen LogP) is 1.24. The molecule has 1 heterocycles. The van der Waals surface area contributed by atoms with Crippen molar-refractivity contribution in [2.24, 2.45) is 5.73 Å². The second-order valence-electron chi connectivity index (χ2n) is 2.41. The normalized spacial score (nSPS) is 10.0. The topological polar surface area (TPSA) is 59.1 Å². The van der Waals surface area contributed by atoms with Crippen LogP contribution in [0.3, 0.4) is 0 Å². The first-order valence-electron chi connectivity index (χ1n) is 3.72. The van der Waals surface area contributed by atoms with Crippen LogP contribution in [0.1, 0.15) is 4.88 Å². The quantitative estimate of drug-likeness (QED) is 0.411. The van der Waals surface area contributed by atoms with Crippen LogP contribution in [0.15, 0.2) is 17.5 Å². The summed E-state index contributed by atoms with van der Waals surface area (Å²) in [6.45, 7) is 0.880. The molecule has 0 aromatic carbocycles. The molecule has 12 heavy (non-hydrogen) atoms. The number of ether oxygens (including phenoxy) is 1. The molecule has 0 spiro atoms. The van der Waals surface area contributed by atoms with Crippen LogP contribution in [0.2, 0.25) is 0 Å². The highest BCUT2D eigenvalue weighted by Crippen LogP contribution is 2.08. The van der Waals surface area contributed by atoms with E-state index in [1.54, 1.807) is 11.3 Å². The van der Waals surface area contributed by atoms with E-state index < -0.39 is 0 Å². The van der Waals surface area contributed by atoms with E-state index >= 15 is 0 Å². The summed E-state index contributed by atoms with van der Waals surface area (Å²) >= 11 is 1.72. The average Bonchev–Trinajstić information content (AvgIpc) is 2.49. The maximum absolute atomic E-state index is 6.90. The molecular formula is C8H12N2OS. The summed E-state index contributed by atoms with van der Waals surface area (Å²) in [5.74, 6) is 0.0844. The van der Waals surface area contributed by atoms with Crippen LogP contribution >= 0.6 is 11.3 Å². The Morgan fingerprint density at radius 1 is 1.67 bits per heavy atom. The number of nitrogens with two attached hydrogens (primary N) is 1. The number of hydrogen-bond acceptors (Lipinski definition) is 3. The first kappa shape index (κ1) is 9.22. The lowest BCUT2D eigenvalue weighted by molar-refractivity contribution is 0.175. The molecule has 0 unspecified atom stereocenters. The van der Waals surface area contributed by atoms with Gasteiger partial charge in [-0.2, -0.15) is 0 Å². The van der Waals surface area contributed by atoms with E-state index in [2.05, 4.69) is 6.07 Å². The number of nitrogens with one attached hydrogen (secondary N) is 1. The van der Waals surface area contributed by atoms with Crippen LogP contribution in [0.5, 0.6) is 0 Å². The van der Waals surface area contributed by atoms with Crippen LogP contribution in [-0.2, 0) is 11.2 Å². The number of amidine groups is 1. The summed E-state index contributed by atoms with van der Waals surface area (Å²) in [7, 11) is 0. The van der Waals surface area contributed by atoms with Gasteiger partial charge in [-0.15, -0.1) is 11.3 Å². The van der Waals surface area contributed by atoms with E-state index in [0.29, 0.717) is 6.61 Å². The van der Waals surface area contributed by atoms with Crippen LogP contribution in [0, 0.1) is 5.41 Å². The van der Waals surface area contributed by atoms with Gasteiger partial charge in [0.05, 0.1) is 6.61 Å². The summed E-state index contributed by atoms with van der Waals surface area (Å²) in [5.41, 5.74) is 5.11. The first-order valence-corrected chi connectivity index (χ1v) is 4.60. The smallest absolute Gasteiger partial charge is 0.117 e. The standard InChI is InChI=1S/C8H12N2OS/c9-8(10)6-11-4-3-7-2-1-5-12-7/h1-2,5H,3-4,6H2,(H3,9,10). The molecule has 0 aliphatic heterocycles. The van der Waals surface area contributed by atoms with Crippen molar-refractivity contribution < 1.29 is 4.74 Å². The zero-order valence-electron chi connectivity index (χ0n) is 6.75. The van der Waals surface area contributed by atoms with Gasteiger partial charge < -0.3 is 10.5 Å². The van der Waals surface area contributed by atoms with Crippen molar-refractivity contribution in [1.29, 1.82) is 5.41 Å². The maximum Gasteiger partial charge on any atom is 0.117 e. The Kier molecular flexibility index (Phi) is 3.76. The second kappa shape index (κ2) is 4.90. The highest BCUT2D eigenvalue weighted by Gasteiger charge is 1.94. The minimum atomic E-state index is 0.0844. The molecule has 0 saturated heterocycles. The van der Waals surface area contributed by atoms with Crippen molar-refractivity contribution in [1.82, 2.24) is 0 Å². The average molecular weight is 184 g/mol. The van der Waals surface area contributed by atoms with Gasteiger partial charge in [-0.05, 0) is 11.4 Å². The third-order valence-electron chi connectivity index (χ3n) is 1.33. The molecule has 1 aromatic rings. The van der Waals surface area contributed by atoms with E-state index in [1.165, 1.54) is 4.88 Å². The van der Waals surface area contributed by atoms with Crippen molar-refractivity contribution in [3.05, 3.63) is 22.4 Å². The number of hydrogen-bond donors (Lipinski definition) is 2. The summed E-state index contributed by atoms with van der Waals surface area (Å²) in [6, 6.07) is 4.09. The molecule has 0 amide bonds. The van der Waals surface area contributed by atoms with Gasteiger partial charge in [-0.1, -0.05) is 6.07 Å². The lowest BCUT2D eigenvalue weighted by Gasteiger charge is -2.00. The maximum atomic E-state index is 6.90. The monoisotopic (exact) mass is 184 g/mol. The SMILES string of the molecule is N=C(N)COCCc1cccs1. The minimum Gasteiger partial charge on any atom is -0.386 e. The Bertz CT molecular complexity index is 233. The zero-order valence-corrected chi connectivity index (χ0v) is 7.56. The molecule has 0 saturated carbocycles. The Morgan fingerprint density at radius 2 is 2.50 bits per heavy atom. The van der Waals surface area contributed by atoms with Gasteiger partial charge in [0, 0.05) is 11.3 Å². The largest absolute Gasteiger partial charge is 0.386 e. The third-order valence-corrected chi connectivity index (χ3v) is 2.27. The Hall–Kier alpha value is -0.870. The molecule has 0 aliphatic rings. The molecule has 0 atom stereocenters. The molecule has 1 rings (SSSR count). The van der Waals surface area contributed by atoms with E-state index in [4.69, 9.17) is 15.9 Å². The molecule has 66 valence electrons. The summed E-state index contributed by atoms with van der Waals surface area (Å²) in [4.78, 5) is 1.30. The lowest BCUT2D eigenvalue weighted by Crippen LogP contribution is -2.17. The molecule has 0 fully saturated rings. The summed E-state index contributed by atoms with van der Waals surface area (Å²) < 4.78 is 5.13. The van der Waals surface area contributed by atoms with E-state index in [0.717, 1.165) is 6.42 Å². The van der Waals surface area contributed by atoms with E-state index in [-0.39, 0.29) is 12.4 Å². The van der Waals surface area contributed by atoms with Crippen molar-refractivity contribution in [2.75, 3.05) is 13.2 Å². The summed E-state index contributed by atoms with van der Waals surface area (Å²) in [5, 5.41) is 8.94. The van der Waals surface area contributed by atoms with Gasteiger partial charge in [-0.3, -0.25) is 5.41 Å².